The molecule has 1 aliphatic carbocycles. The van der Waals surface area contributed by atoms with Crippen molar-refractivity contribution in [1.82, 2.24) is 19.9 Å². The summed E-state index contributed by atoms with van der Waals surface area (Å²) in [6.07, 6.45) is 10.6. The molecule has 1 aliphatic heterocycles. The summed E-state index contributed by atoms with van der Waals surface area (Å²) in [7, 11) is 4.33. The molecule has 3 heterocycles. The summed E-state index contributed by atoms with van der Waals surface area (Å²) in [5.41, 5.74) is 2.17. The van der Waals surface area contributed by atoms with E-state index in [2.05, 4.69) is 40.1 Å². The maximum Gasteiger partial charge on any atom is 0.226 e. The average Bonchev–Trinajstić information content (AvgIpc) is 3.08. The number of hydrogen-bond donors (Lipinski definition) is 1. The van der Waals surface area contributed by atoms with Gasteiger partial charge in [0.05, 0.1) is 5.39 Å². The van der Waals surface area contributed by atoms with Gasteiger partial charge >= 0.3 is 0 Å². The Morgan fingerprint density at radius 3 is 2.56 bits per heavy atom. The second-order valence-electron chi connectivity index (χ2n) is 7.55. The third-order valence-corrected chi connectivity index (χ3v) is 5.78. The van der Waals surface area contributed by atoms with Gasteiger partial charge in [0.1, 0.15) is 18.1 Å². The molecule has 4 rings (SSSR count). The molecule has 0 radical (unpaired) electrons. The fourth-order valence-corrected chi connectivity index (χ4v) is 4.21. The minimum atomic E-state index is 0.256. The molecule has 2 aliphatic rings. The van der Waals surface area contributed by atoms with E-state index in [1.807, 2.05) is 0 Å². The number of ether oxygens (including phenoxy) is 2. The molecule has 25 heavy (non-hydrogen) atoms. The van der Waals surface area contributed by atoms with E-state index in [4.69, 9.17) is 9.47 Å². The molecule has 136 valence electrons. The van der Waals surface area contributed by atoms with E-state index in [1.54, 1.807) is 6.33 Å². The van der Waals surface area contributed by atoms with Crippen molar-refractivity contribution in [2.24, 2.45) is 0 Å². The fraction of sp³-hybridized carbons (Fsp3) is 0.684. The first-order chi connectivity index (χ1) is 12.2. The number of nitrogens with one attached hydrogen (secondary N) is 1. The predicted octanol–water partition coefficient (Wildman–Crippen LogP) is 3.10. The number of hydrogen-bond acceptors (Lipinski definition) is 5. The second-order valence-corrected chi connectivity index (χ2v) is 7.55. The minimum Gasteiger partial charge on any atom is -0.474 e. The van der Waals surface area contributed by atoms with Crippen molar-refractivity contribution in [3.05, 3.63) is 18.1 Å². The van der Waals surface area contributed by atoms with Crippen LogP contribution in [0.1, 0.15) is 50.0 Å². The van der Waals surface area contributed by atoms with Crippen LogP contribution < -0.4 is 4.74 Å². The second kappa shape index (κ2) is 7.30. The highest BCUT2D eigenvalue weighted by molar-refractivity contribution is 5.85. The van der Waals surface area contributed by atoms with Crippen LogP contribution in [0.15, 0.2) is 12.5 Å². The van der Waals surface area contributed by atoms with Crippen LogP contribution in [0.25, 0.3) is 11.0 Å². The van der Waals surface area contributed by atoms with Crippen molar-refractivity contribution >= 4 is 11.0 Å². The van der Waals surface area contributed by atoms with E-state index in [-0.39, 0.29) is 6.10 Å². The Kier molecular flexibility index (Phi) is 4.90. The normalized spacial score (nSPS) is 25.6. The zero-order valence-corrected chi connectivity index (χ0v) is 15.2. The van der Waals surface area contributed by atoms with Gasteiger partial charge in [-0.2, -0.15) is 0 Å². The number of aromatic nitrogens is 3. The topological polar surface area (TPSA) is 63.3 Å². The lowest BCUT2D eigenvalue weighted by atomic mass is 9.91. The van der Waals surface area contributed by atoms with Crippen molar-refractivity contribution in [3.8, 4) is 5.88 Å². The monoisotopic (exact) mass is 344 g/mol. The van der Waals surface area contributed by atoms with Gasteiger partial charge in [0.25, 0.3) is 0 Å². The highest BCUT2D eigenvalue weighted by Crippen LogP contribution is 2.36. The molecule has 6 heteroatoms. The molecule has 2 aromatic heterocycles. The van der Waals surface area contributed by atoms with Crippen molar-refractivity contribution in [2.75, 3.05) is 27.3 Å². The van der Waals surface area contributed by atoms with Crippen LogP contribution in [-0.2, 0) is 4.74 Å². The molecular formula is C19H28N4O2. The number of fused-ring (bicyclic) bond motifs is 1. The number of aromatic amines is 1. The van der Waals surface area contributed by atoms with Gasteiger partial charge < -0.3 is 19.4 Å². The zero-order chi connectivity index (χ0) is 17.2. The molecule has 1 N–H and O–H groups in total. The molecule has 1 saturated carbocycles. The molecule has 6 nitrogen and oxygen atoms in total. The molecule has 0 spiro atoms. The Bertz CT molecular complexity index is 701. The van der Waals surface area contributed by atoms with Gasteiger partial charge in [0.2, 0.25) is 5.88 Å². The van der Waals surface area contributed by atoms with Gasteiger partial charge in [-0.1, -0.05) is 0 Å². The molecule has 0 unspecified atom stereocenters. The van der Waals surface area contributed by atoms with Crippen molar-refractivity contribution in [1.29, 1.82) is 0 Å². The van der Waals surface area contributed by atoms with E-state index in [0.29, 0.717) is 12.0 Å². The average molecular weight is 344 g/mol. The maximum absolute atomic E-state index is 6.37. The summed E-state index contributed by atoms with van der Waals surface area (Å²) >= 11 is 0. The summed E-state index contributed by atoms with van der Waals surface area (Å²) in [6.45, 7) is 1.66. The van der Waals surface area contributed by atoms with Gasteiger partial charge in [0.15, 0.2) is 0 Å². The van der Waals surface area contributed by atoms with Gasteiger partial charge in [-0.25, -0.2) is 9.97 Å². The Labute approximate surface area is 148 Å². The van der Waals surface area contributed by atoms with Crippen LogP contribution in [0.2, 0.25) is 0 Å². The first-order valence-electron chi connectivity index (χ1n) is 9.45. The summed E-state index contributed by atoms with van der Waals surface area (Å²) < 4.78 is 11.9. The Morgan fingerprint density at radius 2 is 1.84 bits per heavy atom. The van der Waals surface area contributed by atoms with Gasteiger partial charge in [-0.3, -0.25) is 0 Å². The molecule has 0 amide bonds. The highest BCUT2D eigenvalue weighted by atomic mass is 16.5. The molecule has 0 bridgehead atoms. The Hall–Kier alpha value is -1.66. The molecule has 2 fully saturated rings. The molecule has 2 aromatic rings. The lowest BCUT2D eigenvalue weighted by molar-refractivity contribution is 0.0854. The minimum absolute atomic E-state index is 0.256. The Balaban J connectivity index is 1.54. The molecule has 0 atom stereocenters. The first-order valence-corrected chi connectivity index (χ1v) is 9.45. The number of nitrogens with zero attached hydrogens (tertiary/aromatic N) is 3. The molecule has 0 aromatic carbocycles. The smallest absolute Gasteiger partial charge is 0.226 e. The van der Waals surface area contributed by atoms with E-state index < -0.39 is 0 Å². The fourth-order valence-electron chi connectivity index (χ4n) is 4.21. The third-order valence-electron chi connectivity index (χ3n) is 5.78. The number of H-pyrrole nitrogens is 1. The SMILES string of the molecule is CN(C)C1CCC(Oc2ncnc3[nH]cc(C4CCOCC4)c23)CC1. The largest absolute Gasteiger partial charge is 0.474 e. The van der Waals surface area contributed by atoms with Gasteiger partial charge in [0, 0.05) is 25.5 Å². The summed E-state index contributed by atoms with van der Waals surface area (Å²) in [5, 5.41) is 1.07. The zero-order valence-electron chi connectivity index (χ0n) is 15.2. The predicted molar refractivity (Wildman–Crippen MR) is 97.0 cm³/mol. The van der Waals surface area contributed by atoms with Crippen molar-refractivity contribution in [3.63, 3.8) is 0 Å². The quantitative estimate of drug-likeness (QED) is 0.923. The van der Waals surface area contributed by atoms with Crippen LogP contribution in [0.5, 0.6) is 5.88 Å². The number of rotatable bonds is 4. The molecule has 1 saturated heterocycles. The first kappa shape index (κ1) is 16.8. The lowest BCUT2D eigenvalue weighted by Gasteiger charge is -2.32. The summed E-state index contributed by atoms with van der Waals surface area (Å²) in [6, 6.07) is 0.676. The standard InChI is InChI=1S/C19H28N4O2/c1-23(2)14-3-5-15(6-4-14)25-19-17-16(13-7-9-24-10-8-13)11-20-18(17)21-12-22-19/h11-15H,3-10H2,1-2H3,(H,20,21,22). The van der Waals surface area contributed by atoms with Crippen molar-refractivity contribution in [2.45, 2.75) is 56.6 Å². The van der Waals surface area contributed by atoms with Crippen LogP contribution in [0.3, 0.4) is 0 Å². The third kappa shape index (κ3) is 3.51. The van der Waals surface area contributed by atoms with E-state index in [0.717, 1.165) is 55.8 Å². The lowest BCUT2D eigenvalue weighted by Crippen LogP contribution is -2.35. The van der Waals surface area contributed by atoms with Crippen molar-refractivity contribution < 1.29 is 9.47 Å². The van der Waals surface area contributed by atoms with Gasteiger partial charge in [-0.15, -0.1) is 0 Å². The van der Waals surface area contributed by atoms with E-state index in [9.17, 15) is 0 Å². The van der Waals surface area contributed by atoms with Crippen LogP contribution in [0.4, 0.5) is 0 Å². The van der Waals surface area contributed by atoms with Crippen LogP contribution >= 0.6 is 0 Å². The molecular weight excluding hydrogens is 316 g/mol. The summed E-state index contributed by atoms with van der Waals surface area (Å²) in [4.78, 5) is 14.5. The maximum atomic E-state index is 6.37. The van der Waals surface area contributed by atoms with Gasteiger partial charge in [-0.05, 0) is 64.1 Å². The van der Waals surface area contributed by atoms with Crippen LogP contribution in [-0.4, -0.2) is 59.3 Å². The highest BCUT2D eigenvalue weighted by Gasteiger charge is 2.26. The van der Waals surface area contributed by atoms with E-state index in [1.165, 1.54) is 18.4 Å². The van der Waals surface area contributed by atoms with E-state index >= 15 is 0 Å². The van der Waals surface area contributed by atoms with Crippen LogP contribution in [0, 0.1) is 0 Å². The Morgan fingerprint density at radius 1 is 1.08 bits per heavy atom. The summed E-state index contributed by atoms with van der Waals surface area (Å²) in [5.74, 6) is 1.25.